The Balaban J connectivity index is 1.74. The lowest BCUT2D eigenvalue weighted by Gasteiger charge is -2.08. The minimum Gasteiger partial charge on any atom is -0.360 e. The van der Waals surface area contributed by atoms with E-state index in [0.717, 1.165) is 5.56 Å². The first-order chi connectivity index (χ1) is 12.3. The van der Waals surface area contributed by atoms with Gasteiger partial charge in [0.05, 0.1) is 4.90 Å². The Morgan fingerprint density at radius 1 is 1.04 bits per heavy atom. The van der Waals surface area contributed by atoms with Gasteiger partial charge in [0.1, 0.15) is 5.76 Å². The van der Waals surface area contributed by atoms with Gasteiger partial charge in [-0.15, -0.1) is 0 Å². The van der Waals surface area contributed by atoms with Crippen molar-refractivity contribution in [1.29, 1.82) is 0 Å². The van der Waals surface area contributed by atoms with Gasteiger partial charge in [0.25, 0.3) is 15.9 Å². The molecule has 3 aromatic rings. The quantitative estimate of drug-likeness (QED) is 0.716. The Bertz CT molecular complexity index is 1040. The summed E-state index contributed by atoms with van der Waals surface area (Å²) >= 11 is 0. The number of amides is 1. The van der Waals surface area contributed by atoms with Crippen molar-refractivity contribution in [1.82, 2.24) is 5.16 Å². The number of benzene rings is 2. The van der Waals surface area contributed by atoms with Crippen LogP contribution in [0.15, 0.2) is 64.0 Å². The van der Waals surface area contributed by atoms with Gasteiger partial charge in [0.15, 0.2) is 5.82 Å². The fourth-order valence-corrected chi connectivity index (χ4v) is 3.31. The van der Waals surface area contributed by atoms with Crippen molar-refractivity contribution in [3.05, 3.63) is 71.5 Å². The third-order valence-electron chi connectivity index (χ3n) is 3.57. The summed E-state index contributed by atoms with van der Waals surface area (Å²) in [6, 6.07) is 14.5. The highest BCUT2D eigenvalue weighted by molar-refractivity contribution is 7.92. The molecule has 0 radical (unpaired) electrons. The summed E-state index contributed by atoms with van der Waals surface area (Å²) in [6.07, 6.45) is 0. The minimum absolute atomic E-state index is 0.0188. The van der Waals surface area contributed by atoms with Crippen LogP contribution in [0.25, 0.3) is 0 Å². The van der Waals surface area contributed by atoms with Crippen molar-refractivity contribution in [3.8, 4) is 0 Å². The summed E-state index contributed by atoms with van der Waals surface area (Å²) in [4.78, 5) is 12.3. The summed E-state index contributed by atoms with van der Waals surface area (Å²) in [5.41, 5.74) is 2.05. The Kier molecular flexibility index (Phi) is 4.77. The molecule has 0 spiro atoms. The monoisotopic (exact) mass is 371 g/mol. The van der Waals surface area contributed by atoms with Crippen molar-refractivity contribution >= 4 is 27.4 Å². The van der Waals surface area contributed by atoms with E-state index in [1.165, 1.54) is 30.3 Å². The van der Waals surface area contributed by atoms with Gasteiger partial charge < -0.3 is 9.84 Å². The van der Waals surface area contributed by atoms with Gasteiger partial charge in [-0.1, -0.05) is 17.3 Å². The van der Waals surface area contributed by atoms with Crippen LogP contribution in [0.4, 0.5) is 11.5 Å². The maximum Gasteiger partial charge on any atom is 0.263 e. The molecule has 2 N–H and O–H groups in total. The molecule has 0 unspecified atom stereocenters. The molecule has 0 aliphatic heterocycles. The molecule has 1 amide bonds. The molecule has 0 aliphatic carbocycles. The van der Waals surface area contributed by atoms with E-state index in [-0.39, 0.29) is 16.6 Å². The number of nitrogens with one attached hydrogen (secondary N) is 2. The molecule has 0 atom stereocenters. The Morgan fingerprint density at radius 3 is 2.38 bits per heavy atom. The second-order valence-corrected chi connectivity index (χ2v) is 7.46. The molecule has 0 aliphatic rings. The van der Waals surface area contributed by atoms with Gasteiger partial charge in [-0.05, 0) is 55.8 Å². The standard InChI is InChI=1S/C18H17N3O4S/c1-12-4-3-5-15(10-12)19-18(22)14-6-8-16(9-7-14)26(23,24)21-17-11-13(2)25-20-17/h3-11H,1-2H3,(H,19,22)(H,20,21). The second kappa shape index (κ2) is 7.01. The molecule has 0 saturated carbocycles. The van der Waals surface area contributed by atoms with Gasteiger partial charge in [-0.3, -0.25) is 9.52 Å². The smallest absolute Gasteiger partial charge is 0.263 e. The number of hydrogen-bond donors (Lipinski definition) is 2. The Morgan fingerprint density at radius 2 is 1.77 bits per heavy atom. The van der Waals surface area contributed by atoms with Crippen LogP contribution in [0, 0.1) is 13.8 Å². The minimum atomic E-state index is -3.81. The maximum absolute atomic E-state index is 12.3. The van der Waals surface area contributed by atoms with E-state index in [9.17, 15) is 13.2 Å². The number of hydrogen-bond acceptors (Lipinski definition) is 5. The van der Waals surface area contributed by atoms with E-state index in [1.807, 2.05) is 25.1 Å². The van der Waals surface area contributed by atoms with E-state index < -0.39 is 10.0 Å². The molecule has 3 rings (SSSR count). The van der Waals surface area contributed by atoms with Gasteiger partial charge in [0, 0.05) is 17.3 Å². The maximum atomic E-state index is 12.3. The average Bonchev–Trinajstić information content (AvgIpc) is 2.99. The zero-order chi connectivity index (χ0) is 18.7. The summed E-state index contributed by atoms with van der Waals surface area (Å²) in [7, 11) is -3.81. The van der Waals surface area contributed by atoms with Crippen molar-refractivity contribution < 1.29 is 17.7 Å². The molecule has 26 heavy (non-hydrogen) atoms. The molecule has 7 nitrogen and oxygen atoms in total. The van der Waals surface area contributed by atoms with Crippen LogP contribution in [-0.4, -0.2) is 19.5 Å². The first kappa shape index (κ1) is 17.7. The lowest BCUT2D eigenvalue weighted by molar-refractivity contribution is 0.102. The fourth-order valence-electron chi connectivity index (χ4n) is 2.32. The molecule has 0 saturated heterocycles. The van der Waals surface area contributed by atoms with Crippen LogP contribution in [-0.2, 0) is 10.0 Å². The lowest BCUT2D eigenvalue weighted by Crippen LogP contribution is -2.15. The highest BCUT2D eigenvalue weighted by Gasteiger charge is 2.17. The summed E-state index contributed by atoms with van der Waals surface area (Å²) in [6.45, 7) is 3.59. The van der Waals surface area contributed by atoms with E-state index in [1.54, 1.807) is 13.0 Å². The van der Waals surface area contributed by atoms with Gasteiger partial charge in [-0.2, -0.15) is 0 Å². The SMILES string of the molecule is Cc1cccc(NC(=O)c2ccc(S(=O)(=O)Nc3cc(C)on3)cc2)c1. The predicted molar refractivity (Wildman–Crippen MR) is 97.6 cm³/mol. The molecule has 0 bridgehead atoms. The average molecular weight is 371 g/mol. The third-order valence-corrected chi connectivity index (χ3v) is 4.94. The van der Waals surface area contributed by atoms with Crippen molar-refractivity contribution in [2.45, 2.75) is 18.7 Å². The number of rotatable bonds is 5. The van der Waals surface area contributed by atoms with Crippen LogP contribution in [0.3, 0.4) is 0 Å². The number of aryl methyl sites for hydroxylation is 2. The van der Waals surface area contributed by atoms with E-state index in [0.29, 0.717) is 17.0 Å². The molecule has 8 heteroatoms. The van der Waals surface area contributed by atoms with E-state index in [4.69, 9.17) is 4.52 Å². The van der Waals surface area contributed by atoms with Crippen molar-refractivity contribution in [2.24, 2.45) is 0 Å². The number of carbonyl (C=O) groups excluding carboxylic acids is 1. The Hall–Kier alpha value is -3.13. The first-order valence-electron chi connectivity index (χ1n) is 7.78. The molecule has 1 heterocycles. The normalized spacial score (nSPS) is 11.2. The summed E-state index contributed by atoms with van der Waals surface area (Å²) in [5.74, 6) is 0.272. The summed E-state index contributed by atoms with van der Waals surface area (Å²) in [5, 5.41) is 6.37. The van der Waals surface area contributed by atoms with Crippen LogP contribution < -0.4 is 10.0 Å². The zero-order valence-electron chi connectivity index (χ0n) is 14.2. The van der Waals surface area contributed by atoms with Crippen LogP contribution >= 0.6 is 0 Å². The second-order valence-electron chi connectivity index (χ2n) is 5.78. The van der Waals surface area contributed by atoms with Gasteiger partial charge in [0.2, 0.25) is 0 Å². The third kappa shape index (κ3) is 4.09. The fraction of sp³-hybridized carbons (Fsp3) is 0.111. The number of aromatic nitrogens is 1. The van der Waals surface area contributed by atoms with Crippen LogP contribution in [0.2, 0.25) is 0 Å². The topological polar surface area (TPSA) is 101 Å². The zero-order valence-corrected chi connectivity index (χ0v) is 15.0. The largest absolute Gasteiger partial charge is 0.360 e. The number of nitrogens with zero attached hydrogens (tertiary/aromatic N) is 1. The molecule has 2 aromatic carbocycles. The van der Waals surface area contributed by atoms with Crippen LogP contribution in [0.1, 0.15) is 21.7 Å². The molecule has 1 aromatic heterocycles. The van der Waals surface area contributed by atoms with Crippen molar-refractivity contribution in [2.75, 3.05) is 10.0 Å². The molecule has 0 fully saturated rings. The predicted octanol–water partition coefficient (Wildman–Crippen LogP) is 3.34. The first-order valence-corrected chi connectivity index (χ1v) is 9.26. The Labute approximate surface area is 151 Å². The summed E-state index contributed by atoms with van der Waals surface area (Å²) < 4.78 is 31.8. The highest BCUT2D eigenvalue weighted by Crippen LogP contribution is 2.17. The lowest BCUT2D eigenvalue weighted by atomic mass is 10.2. The molecular weight excluding hydrogens is 354 g/mol. The molecular formula is C18H17N3O4S. The van der Waals surface area contributed by atoms with Gasteiger partial charge in [-0.25, -0.2) is 8.42 Å². The van der Waals surface area contributed by atoms with E-state index in [2.05, 4.69) is 15.2 Å². The number of anilines is 2. The van der Waals surface area contributed by atoms with E-state index >= 15 is 0 Å². The highest BCUT2D eigenvalue weighted by atomic mass is 32.2. The van der Waals surface area contributed by atoms with Gasteiger partial charge >= 0.3 is 0 Å². The molecule has 134 valence electrons. The number of carbonyl (C=O) groups is 1. The van der Waals surface area contributed by atoms with Crippen LogP contribution in [0.5, 0.6) is 0 Å². The number of sulfonamides is 1. The van der Waals surface area contributed by atoms with Crippen molar-refractivity contribution in [3.63, 3.8) is 0 Å².